The molecule has 7 nitrogen and oxygen atoms in total. The lowest BCUT2D eigenvalue weighted by Gasteiger charge is -2.10. The van der Waals surface area contributed by atoms with Crippen LogP contribution in [0.2, 0.25) is 0 Å². The second-order valence-corrected chi connectivity index (χ2v) is 5.58. The van der Waals surface area contributed by atoms with Crippen LogP contribution >= 0.6 is 0 Å². The predicted octanol–water partition coefficient (Wildman–Crippen LogP) is 0.829. The number of benzene rings is 1. The van der Waals surface area contributed by atoms with Gasteiger partial charge < -0.3 is 9.84 Å². The summed E-state index contributed by atoms with van der Waals surface area (Å²) in [6, 6.07) is 2.59. The summed E-state index contributed by atoms with van der Waals surface area (Å²) in [6.07, 6.45) is -0.399. The molecule has 0 aliphatic heterocycles. The van der Waals surface area contributed by atoms with Crippen LogP contribution in [-0.4, -0.2) is 38.3 Å². The number of esters is 1. The van der Waals surface area contributed by atoms with Crippen LogP contribution in [0.1, 0.15) is 16.8 Å². The molecule has 0 radical (unpaired) electrons. The monoisotopic (exact) mass is 305 g/mol. The van der Waals surface area contributed by atoms with E-state index in [-0.39, 0.29) is 0 Å². The van der Waals surface area contributed by atoms with E-state index in [9.17, 15) is 22.4 Å². The average Bonchev–Trinajstić information content (AvgIpc) is 2.35. The van der Waals surface area contributed by atoms with Crippen molar-refractivity contribution >= 4 is 27.6 Å². The summed E-state index contributed by atoms with van der Waals surface area (Å²) in [6.45, 7) is 0. The Hall–Kier alpha value is -2.16. The van der Waals surface area contributed by atoms with Crippen LogP contribution in [-0.2, 0) is 19.6 Å². The summed E-state index contributed by atoms with van der Waals surface area (Å²) in [5.41, 5.74) is -0.796. The lowest BCUT2D eigenvalue weighted by atomic mass is 10.2. The lowest BCUT2D eigenvalue weighted by molar-refractivity contribution is -0.140. The maximum atomic E-state index is 13.1. The van der Waals surface area contributed by atoms with Crippen LogP contribution in [0.4, 0.5) is 10.1 Å². The quantitative estimate of drug-likeness (QED) is 0.753. The summed E-state index contributed by atoms with van der Waals surface area (Å²) >= 11 is 0. The van der Waals surface area contributed by atoms with Crippen molar-refractivity contribution in [1.82, 2.24) is 0 Å². The first-order valence-electron chi connectivity index (χ1n) is 5.35. The number of methoxy groups -OCH3 is 1. The summed E-state index contributed by atoms with van der Waals surface area (Å²) < 4.78 is 42.6. The van der Waals surface area contributed by atoms with Gasteiger partial charge in [-0.1, -0.05) is 0 Å². The van der Waals surface area contributed by atoms with Crippen molar-refractivity contribution < 1.29 is 32.2 Å². The summed E-state index contributed by atoms with van der Waals surface area (Å²) in [5.74, 6) is -3.53. The molecule has 0 fully saturated rings. The highest BCUT2D eigenvalue weighted by molar-refractivity contribution is 7.92. The van der Waals surface area contributed by atoms with Crippen LogP contribution in [0.5, 0.6) is 0 Å². The number of ether oxygens (including phenoxy) is 1. The molecule has 0 atom stereocenters. The molecular formula is C11H12FNO6S. The van der Waals surface area contributed by atoms with Crippen LogP contribution in [0, 0.1) is 5.82 Å². The number of sulfonamides is 1. The van der Waals surface area contributed by atoms with E-state index in [1.165, 1.54) is 0 Å². The van der Waals surface area contributed by atoms with E-state index < -0.39 is 51.2 Å². The average molecular weight is 305 g/mol. The number of carboxylic acids is 1. The maximum absolute atomic E-state index is 13.1. The minimum Gasteiger partial charge on any atom is -0.478 e. The van der Waals surface area contributed by atoms with Crippen molar-refractivity contribution in [3.63, 3.8) is 0 Å². The molecule has 20 heavy (non-hydrogen) atoms. The van der Waals surface area contributed by atoms with Gasteiger partial charge >= 0.3 is 11.9 Å². The number of nitrogens with one attached hydrogen (secondary N) is 1. The number of carbonyl (C=O) groups excluding carboxylic acids is 1. The standard InChI is InChI=1S/C11H12FNO6S/c1-19-10(14)4-5-20(17,18)13-9-6-7(12)2-3-8(9)11(15)16/h2-3,6,13H,4-5H2,1H3,(H,15,16). The zero-order chi connectivity index (χ0) is 15.3. The molecule has 0 bridgehead atoms. The van der Waals surface area contributed by atoms with Gasteiger partial charge in [-0.15, -0.1) is 0 Å². The molecule has 0 saturated heterocycles. The van der Waals surface area contributed by atoms with E-state index >= 15 is 0 Å². The number of carboxylic acid groups (broad SMARTS) is 1. The van der Waals surface area contributed by atoms with E-state index in [1.807, 2.05) is 4.72 Å². The third kappa shape index (κ3) is 4.50. The second kappa shape index (κ2) is 6.33. The van der Waals surface area contributed by atoms with Crippen molar-refractivity contribution in [2.45, 2.75) is 6.42 Å². The van der Waals surface area contributed by atoms with E-state index in [2.05, 4.69) is 4.74 Å². The molecule has 0 spiro atoms. The van der Waals surface area contributed by atoms with Crippen LogP contribution in [0.15, 0.2) is 18.2 Å². The van der Waals surface area contributed by atoms with Crippen molar-refractivity contribution in [1.29, 1.82) is 0 Å². The number of rotatable bonds is 6. The smallest absolute Gasteiger partial charge is 0.337 e. The highest BCUT2D eigenvalue weighted by atomic mass is 32.2. The van der Waals surface area contributed by atoms with E-state index in [0.29, 0.717) is 0 Å². The van der Waals surface area contributed by atoms with Crippen molar-refractivity contribution in [3.8, 4) is 0 Å². The van der Waals surface area contributed by atoms with Crippen molar-refractivity contribution in [2.75, 3.05) is 17.6 Å². The molecule has 1 aromatic rings. The van der Waals surface area contributed by atoms with Crippen molar-refractivity contribution in [2.24, 2.45) is 0 Å². The molecule has 0 aliphatic carbocycles. The van der Waals surface area contributed by atoms with Gasteiger partial charge in [0.2, 0.25) is 10.0 Å². The second-order valence-electron chi connectivity index (χ2n) is 3.74. The SMILES string of the molecule is COC(=O)CCS(=O)(=O)Nc1cc(F)ccc1C(=O)O. The Morgan fingerprint density at radius 2 is 2.05 bits per heavy atom. The van der Waals surface area contributed by atoms with Gasteiger partial charge in [-0.3, -0.25) is 9.52 Å². The molecule has 0 aliphatic rings. The van der Waals surface area contributed by atoms with Gasteiger partial charge in [0.15, 0.2) is 0 Å². The number of halogens is 1. The number of hydrogen-bond donors (Lipinski definition) is 2. The Morgan fingerprint density at radius 3 is 2.60 bits per heavy atom. The van der Waals surface area contributed by atoms with Gasteiger partial charge in [-0.25, -0.2) is 17.6 Å². The lowest BCUT2D eigenvalue weighted by Crippen LogP contribution is -2.21. The zero-order valence-electron chi connectivity index (χ0n) is 10.4. The maximum Gasteiger partial charge on any atom is 0.337 e. The summed E-state index contributed by atoms with van der Waals surface area (Å²) in [7, 11) is -2.88. The number of anilines is 1. The van der Waals surface area contributed by atoms with Crippen LogP contribution < -0.4 is 4.72 Å². The van der Waals surface area contributed by atoms with Gasteiger partial charge in [0.05, 0.1) is 30.5 Å². The summed E-state index contributed by atoms with van der Waals surface area (Å²) in [4.78, 5) is 21.8. The molecule has 9 heteroatoms. The number of aromatic carboxylic acids is 1. The Morgan fingerprint density at radius 1 is 1.40 bits per heavy atom. The molecule has 2 N–H and O–H groups in total. The molecule has 0 aromatic heterocycles. The van der Waals surface area contributed by atoms with Gasteiger partial charge in [0.1, 0.15) is 5.82 Å². The van der Waals surface area contributed by atoms with Crippen LogP contribution in [0.25, 0.3) is 0 Å². The first kappa shape index (κ1) is 15.9. The molecule has 1 rings (SSSR count). The Bertz CT molecular complexity index is 628. The van der Waals surface area contributed by atoms with E-state index in [4.69, 9.17) is 5.11 Å². The normalized spacial score (nSPS) is 10.9. The Balaban J connectivity index is 2.94. The number of carbonyl (C=O) groups is 2. The fraction of sp³-hybridized carbons (Fsp3) is 0.273. The first-order chi connectivity index (χ1) is 9.25. The van der Waals surface area contributed by atoms with Gasteiger partial charge in [0.25, 0.3) is 0 Å². The first-order valence-corrected chi connectivity index (χ1v) is 7.00. The Kier molecular flexibility index (Phi) is 5.03. The van der Waals surface area contributed by atoms with Gasteiger partial charge in [-0.05, 0) is 18.2 Å². The van der Waals surface area contributed by atoms with Crippen LogP contribution in [0.3, 0.4) is 0 Å². The molecule has 0 heterocycles. The fourth-order valence-electron chi connectivity index (χ4n) is 1.33. The third-order valence-electron chi connectivity index (χ3n) is 2.28. The van der Waals surface area contributed by atoms with E-state index in [0.717, 1.165) is 25.3 Å². The molecule has 1 aromatic carbocycles. The minimum atomic E-state index is -3.99. The Labute approximate surface area is 114 Å². The van der Waals surface area contributed by atoms with E-state index in [1.54, 1.807) is 0 Å². The topological polar surface area (TPSA) is 110 Å². The minimum absolute atomic E-state index is 0.395. The highest BCUT2D eigenvalue weighted by Gasteiger charge is 2.18. The molecule has 0 unspecified atom stereocenters. The number of hydrogen-bond acceptors (Lipinski definition) is 5. The van der Waals surface area contributed by atoms with Crippen molar-refractivity contribution in [3.05, 3.63) is 29.6 Å². The fourth-order valence-corrected chi connectivity index (χ4v) is 2.37. The largest absolute Gasteiger partial charge is 0.478 e. The predicted molar refractivity (Wildman–Crippen MR) is 67.4 cm³/mol. The zero-order valence-corrected chi connectivity index (χ0v) is 11.2. The molecular weight excluding hydrogens is 293 g/mol. The third-order valence-corrected chi connectivity index (χ3v) is 3.55. The molecule has 110 valence electrons. The highest BCUT2D eigenvalue weighted by Crippen LogP contribution is 2.19. The van der Waals surface area contributed by atoms with Gasteiger partial charge in [0, 0.05) is 0 Å². The van der Waals surface area contributed by atoms with Gasteiger partial charge in [-0.2, -0.15) is 0 Å². The molecule has 0 amide bonds. The molecule has 0 saturated carbocycles. The summed E-state index contributed by atoms with van der Waals surface area (Å²) in [5, 5.41) is 8.88.